The van der Waals surface area contributed by atoms with E-state index in [0.717, 1.165) is 6.07 Å². The number of hydrogen-bond donors (Lipinski definition) is 1. The van der Waals surface area contributed by atoms with E-state index in [-0.39, 0.29) is 34.2 Å². The summed E-state index contributed by atoms with van der Waals surface area (Å²) in [4.78, 5) is 11.7. The monoisotopic (exact) mass is 444 g/mol. The summed E-state index contributed by atoms with van der Waals surface area (Å²) < 4.78 is 58.4. The van der Waals surface area contributed by atoms with Crippen molar-refractivity contribution in [2.75, 3.05) is 21.9 Å². The summed E-state index contributed by atoms with van der Waals surface area (Å²) in [5, 5.41) is 0.345. The first-order valence-corrected chi connectivity index (χ1v) is 11.5. The molecule has 1 amide bonds. The Labute approximate surface area is 168 Å². The molecule has 0 aliphatic carbocycles. The predicted octanol–water partition coefficient (Wildman–Crippen LogP) is 2.52. The fourth-order valence-electron chi connectivity index (χ4n) is 2.77. The molecule has 8 nitrogen and oxygen atoms in total. The number of halogens is 1. The molecule has 3 rings (SSSR count). The standard InChI is InChI=1S/C17H17ClN2O6S2/c1-11-3-4-12(18)9-14(11)19-28(24,25)16-10-13(5-6-15(16)26-2)20-17(21)7-8-27(20,22)23/h3-6,9-10,19H,7-8H2,1-2H3. The Kier molecular flexibility index (Phi) is 5.30. The van der Waals surface area contributed by atoms with Gasteiger partial charge in [0.05, 0.1) is 24.2 Å². The molecule has 1 heterocycles. The van der Waals surface area contributed by atoms with Crippen LogP contribution < -0.4 is 13.8 Å². The first kappa shape index (κ1) is 20.4. The summed E-state index contributed by atoms with van der Waals surface area (Å²) in [6.07, 6.45) is -0.156. The molecule has 11 heteroatoms. The Bertz CT molecular complexity index is 1160. The van der Waals surface area contributed by atoms with Crippen molar-refractivity contribution < 1.29 is 26.4 Å². The number of carbonyl (C=O) groups is 1. The van der Waals surface area contributed by atoms with Crippen molar-refractivity contribution in [3.05, 3.63) is 47.0 Å². The highest BCUT2D eigenvalue weighted by atomic mass is 35.5. The summed E-state index contributed by atoms with van der Waals surface area (Å²) in [6, 6.07) is 8.46. The molecule has 0 unspecified atom stereocenters. The average molecular weight is 445 g/mol. The highest BCUT2D eigenvalue weighted by Gasteiger charge is 2.37. The minimum Gasteiger partial charge on any atom is -0.495 e. The average Bonchev–Trinajstić information content (AvgIpc) is 2.90. The third-order valence-electron chi connectivity index (χ3n) is 4.19. The van der Waals surface area contributed by atoms with E-state index in [1.54, 1.807) is 19.1 Å². The minimum absolute atomic E-state index is 0.0000231. The Morgan fingerprint density at radius 2 is 1.89 bits per heavy atom. The molecule has 1 aliphatic rings. The van der Waals surface area contributed by atoms with Gasteiger partial charge in [0.15, 0.2) is 0 Å². The fourth-order valence-corrected chi connectivity index (χ4v) is 5.71. The molecule has 2 aromatic rings. The van der Waals surface area contributed by atoms with E-state index < -0.39 is 26.0 Å². The zero-order valence-corrected chi connectivity index (χ0v) is 17.4. The van der Waals surface area contributed by atoms with E-state index >= 15 is 0 Å². The molecule has 0 spiro atoms. The van der Waals surface area contributed by atoms with Crippen LogP contribution in [-0.2, 0) is 24.8 Å². The van der Waals surface area contributed by atoms with Crippen molar-refractivity contribution in [1.29, 1.82) is 0 Å². The fraction of sp³-hybridized carbons (Fsp3) is 0.235. The molecule has 0 atom stereocenters. The number of sulfonamides is 2. The van der Waals surface area contributed by atoms with Gasteiger partial charge in [-0.1, -0.05) is 17.7 Å². The lowest BCUT2D eigenvalue weighted by atomic mass is 10.2. The van der Waals surface area contributed by atoms with Gasteiger partial charge in [-0.15, -0.1) is 0 Å². The molecule has 0 radical (unpaired) electrons. The van der Waals surface area contributed by atoms with Crippen molar-refractivity contribution in [2.45, 2.75) is 18.2 Å². The van der Waals surface area contributed by atoms with Crippen LogP contribution in [-0.4, -0.2) is 35.6 Å². The molecular formula is C17H17ClN2O6S2. The zero-order valence-electron chi connectivity index (χ0n) is 15.0. The van der Waals surface area contributed by atoms with Crippen LogP contribution >= 0.6 is 11.6 Å². The maximum absolute atomic E-state index is 13.0. The van der Waals surface area contributed by atoms with Crippen LogP contribution in [0.5, 0.6) is 5.75 Å². The van der Waals surface area contributed by atoms with Gasteiger partial charge in [0.25, 0.3) is 10.0 Å². The lowest BCUT2D eigenvalue weighted by Crippen LogP contribution is -2.29. The van der Waals surface area contributed by atoms with Gasteiger partial charge < -0.3 is 4.74 Å². The normalized spacial score (nSPS) is 16.2. The molecule has 0 bridgehead atoms. The number of aryl methyl sites for hydroxylation is 1. The van der Waals surface area contributed by atoms with Gasteiger partial charge in [-0.05, 0) is 42.8 Å². The number of rotatable bonds is 5. The summed E-state index contributed by atoms with van der Waals surface area (Å²) in [5.74, 6) is -0.938. The van der Waals surface area contributed by atoms with Crippen LogP contribution in [0.1, 0.15) is 12.0 Å². The molecular weight excluding hydrogens is 428 g/mol. The topological polar surface area (TPSA) is 110 Å². The number of nitrogens with one attached hydrogen (secondary N) is 1. The first-order valence-electron chi connectivity index (χ1n) is 8.08. The lowest BCUT2D eigenvalue weighted by Gasteiger charge is -2.18. The van der Waals surface area contributed by atoms with E-state index in [1.165, 1.54) is 25.3 Å². The summed E-state index contributed by atoms with van der Waals surface area (Å²) in [7, 11) is -6.71. The van der Waals surface area contributed by atoms with Crippen molar-refractivity contribution in [2.24, 2.45) is 0 Å². The highest BCUT2D eigenvalue weighted by molar-refractivity contribution is 7.94. The second-order valence-electron chi connectivity index (χ2n) is 6.12. The number of carbonyl (C=O) groups excluding carboxylic acids is 1. The van der Waals surface area contributed by atoms with Crippen molar-refractivity contribution in [3.8, 4) is 5.75 Å². The summed E-state index contributed by atoms with van der Waals surface area (Å²) in [5.41, 5.74) is 0.844. The van der Waals surface area contributed by atoms with Gasteiger partial charge in [0.2, 0.25) is 15.9 Å². The SMILES string of the molecule is COc1ccc(N2C(=O)CCS2(=O)=O)cc1S(=O)(=O)Nc1cc(Cl)ccc1C. The van der Waals surface area contributed by atoms with Gasteiger partial charge in [0, 0.05) is 11.4 Å². The number of hydrogen-bond acceptors (Lipinski definition) is 6. The van der Waals surface area contributed by atoms with Crippen LogP contribution in [0.2, 0.25) is 5.02 Å². The number of amides is 1. The third-order valence-corrected chi connectivity index (χ3v) is 7.51. The number of methoxy groups -OCH3 is 1. The van der Waals surface area contributed by atoms with E-state index in [1.807, 2.05) is 0 Å². The number of anilines is 2. The molecule has 2 aromatic carbocycles. The van der Waals surface area contributed by atoms with Crippen LogP contribution in [0, 0.1) is 6.92 Å². The van der Waals surface area contributed by atoms with Gasteiger partial charge >= 0.3 is 0 Å². The van der Waals surface area contributed by atoms with Crippen molar-refractivity contribution in [1.82, 2.24) is 0 Å². The molecule has 28 heavy (non-hydrogen) atoms. The maximum atomic E-state index is 13.0. The van der Waals surface area contributed by atoms with Gasteiger partial charge in [-0.2, -0.15) is 0 Å². The van der Waals surface area contributed by atoms with Crippen LogP contribution in [0.4, 0.5) is 11.4 Å². The highest BCUT2D eigenvalue weighted by Crippen LogP contribution is 2.34. The molecule has 1 saturated heterocycles. The number of benzene rings is 2. The van der Waals surface area contributed by atoms with Crippen LogP contribution in [0.25, 0.3) is 0 Å². The largest absolute Gasteiger partial charge is 0.495 e. The molecule has 1 fully saturated rings. The second-order valence-corrected chi connectivity index (χ2v) is 10.1. The molecule has 150 valence electrons. The van der Waals surface area contributed by atoms with Crippen LogP contribution in [0.3, 0.4) is 0 Å². The summed E-state index contributed by atoms with van der Waals surface area (Å²) in [6.45, 7) is 1.71. The molecule has 1 N–H and O–H groups in total. The van der Waals surface area contributed by atoms with E-state index in [4.69, 9.17) is 16.3 Å². The smallest absolute Gasteiger partial charge is 0.265 e. The maximum Gasteiger partial charge on any atom is 0.265 e. The third kappa shape index (κ3) is 3.80. The van der Waals surface area contributed by atoms with Gasteiger partial charge in [-0.3, -0.25) is 9.52 Å². The molecule has 1 aliphatic heterocycles. The Morgan fingerprint density at radius 3 is 2.50 bits per heavy atom. The minimum atomic E-state index is -4.17. The predicted molar refractivity (Wildman–Crippen MR) is 106 cm³/mol. The molecule has 0 aromatic heterocycles. The van der Waals surface area contributed by atoms with Crippen LogP contribution in [0.15, 0.2) is 41.3 Å². The number of nitrogens with zero attached hydrogens (tertiary/aromatic N) is 1. The lowest BCUT2D eigenvalue weighted by molar-refractivity contribution is -0.116. The first-order chi connectivity index (χ1) is 13.0. The Balaban J connectivity index is 2.09. The Hall–Kier alpha value is -2.30. The quantitative estimate of drug-likeness (QED) is 0.758. The number of ether oxygens (including phenoxy) is 1. The van der Waals surface area contributed by atoms with Gasteiger partial charge in [0.1, 0.15) is 10.6 Å². The van der Waals surface area contributed by atoms with Crippen molar-refractivity contribution in [3.63, 3.8) is 0 Å². The summed E-state index contributed by atoms with van der Waals surface area (Å²) >= 11 is 5.94. The van der Waals surface area contributed by atoms with Gasteiger partial charge in [-0.25, -0.2) is 21.1 Å². The van der Waals surface area contributed by atoms with Crippen molar-refractivity contribution >= 4 is 48.9 Å². The second kappa shape index (κ2) is 7.26. The van der Waals surface area contributed by atoms with E-state index in [2.05, 4.69) is 4.72 Å². The Morgan fingerprint density at radius 1 is 1.18 bits per heavy atom. The van der Waals surface area contributed by atoms with E-state index in [9.17, 15) is 21.6 Å². The molecule has 0 saturated carbocycles. The van der Waals surface area contributed by atoms with E-state index in [0.29, 0.717) is 14.9 Å². The zero-order chi connectivity index (χ0) is 20.7.